The number of imidazole rings is 1. The van der Waals surface area contributed by atoms with Gasteiger partial charge in [-0.15, -0.1) is 0 Å². The minimum atomic E-state index is -0.329. The van der Waals surface area contributed by atoms with Gasteiger partial charge in [0.25, 0.3) is 0 Å². The number of carbonyl (C=O) groups excluding carboxylic acids is 1. The lowest BCUT2D eigenvalue weighted by molar-refractivity contribution is 0.0600. The minimum Gasteiger partial charge on any atom is -0.465 e. The number of carbonyl (C=O) groups is 1. The van der Waals surface area contributed by atoms with E-state index in [1.54, 1.807) is 6.07 Å². The molecular weight excluding hydrogens is 220 g/mol. The zero-order valence-corrected chi connectivity index (χ0v) is 9.47. The molecular formula is C12H12N2O3. The van der Waals surface area contributed by atoms with Crippen LogP contribution in [0, 0.1) is 0 Å². The molecule has 0 unspecified atom stereocenters. The van der Waals surface area contributed by atoms with Crippen LogP contribution in [0.2, 0.25) is 0 Å². The highest BCUT2D eigenvalue weighted by Gasteiger charge is 2.20. The van der Waals surface area contributed by atoms with Gasteiger partial charge >= 0.3 is 5.97 Å². The second-order valence-corrected chi connectivity index (χ2v) is 3.90. The summed E-state index contributed by atoms with van der Waals surface area (Å²) in [5, 5.41) is 0. The lowest BCUT2D eigenvalue weighted by atomic mass is 10.2. The molecule has 0 saturated carbocycles. The zero-order chi connectivity index (χ0) is 11.8. The van der Waals surface area contributed by atoms with Gasteiger partial charge in [0.15, 0.2) is 0 Å². The van der Waals surface area contributed by atoms with Crippen LogP contribution < -0.4 is 0 Å². The van der Waals surface area contributed by atoms with Gasteiger partial charge in [0.1, 0.15) is 12.4 Å². The first-order valence-corrected chi connectivity index (χ1v) is 5.45. The fourth-order valence-electron chi connectivity index (χ4n) is 2.18. The standard InChI is InChI=1S/C12H12N2O3/c1-16-12(15)8-3-2-4-9-11(8)14-5-6-17-7-10(14)13-9/h2-4H,5-7H2,1H3. The van der Waals surface area contributed by atoms with Gasteiger partial charge < -0.3 is 14.0 Å². The number of nitrogens with zero attached hydrogens (tertiary/aromatic N) is 2. The molecule has 0 N–H and O–H groups in total. The minimum absolute atomic E-state index is 0.329. The predicted octanol–water partition coefficient (Wildman–Crippen LogP) is 1.35. The van der Waals surface area contributed by atoms with E-state index in [1.165, 1.54) is 7.11 Å². The molecule has 1 aromatic heterocycles. The molecule has 0 spiro atoms. The molecule has 5 nitrogen and oxygen atoms in total. The predicted molar refractivity (Wildman–Crippen MR) is 60.7 cm³/mol. The first-order valence-electron chi connectivity index (χ1n) is 5.45. The van der Waals surface area contributed by atoms with Crippen LogP contribution in [0.1, 0.15) is 16.2 Å². The number of fused-ring (bicyclic) bond motifs is 3. The Morgan fingerprint density at radius 2 is 2.41 bits per heavy atom. The summed E-state index contributed by atoms with van der Waals surface area (Å²) in [6, 6.07) is 5.47. The second kappa shape index (κ2) is 3.85. The topological polar surface area (TPSA) is 53.3 Å². The molecule has 0 amide bonds. The highest BCUT2D eigenvalue weighted by atomic mass is 16.5. The van der Waals surface area contributed by atoms with Gasteiger partial charge in [-0.3, -0.25) is 0 Å². The molecule has 0 bridgehead atoms. The third-order valence-electron chi connectivity index (χ3n) is 2.94. The summed E-state index contributed by atoms with van der Waals surface area (Å²) < 4.78 is 12.2. The maximum Gasteiger partial charge on any atom is 0.340 e. The van der Waals surface area contributed by atoms with Crippen LogP contribution >= 0.6 is 0 Å². The Morgan fingerprint density at radius 1 is 1.53 bits per heavy atom. The lowest BCUT2D eigenvalue weighted by Gasteiger charge is -2.15. The van der Waals surface area contributed by atoms with E-state index in [4.69, 9.17) is 9.47 Å². The van der Waals surface area contributed by atoms with Crippen molar-refractivity contribution < 1.29 is 14.3 Å². The van der Waals surface area contributed by atoms with E-state index in [0.29, 0.717) is 18.8 Å². The lowest BCUT2D eigenvalue weighted by Crippen LogP contribution is -2.17. The fraction of sp³-hybridized carbons (Fsp3) is 0.333. The smallest absolute Gasteiger partial charge is 0.340 e. The zero-order valence-electron chi connectivity index (χ0n) is 9.47. The third-order valence-corrected chi connectivity index (χ3v) is 2.94. The van der Waals surface area contributed by atoms with Crippen molar-refractivity contribution in [1.29, 1.82) is 0 Å². The van der Waals surface area contributed by atoms with Crippen LogP contribution in [0.25, 0.3) is 11.0 Å². The molecule has 88 valence electrons. The van der Waals surface area contributed by atoms with Crippen LogP contribution in [0.4, 0.5) is 0 Å². The quantitative estimate of drug-likeness (QED) is 0.696. The summed E-state index contributed by atoms with van der Waals surface area (Å²) in [7, 11) is 1.39. The highest BCUT2D eigenvalue weighted by molar-refractivity contribution is 6.02. The van der Waals surface area contributed by atoms with Gasteiger partial charge in [-0.1, -0.05) is 6.07 Å². The van der Waals surface area contributed by atoms with Gasteiger partial charge in [0, 0.05) is 6.54 Å². The number of hydrogen-bond acceptors (Lipinski definition) is 4. The monoisotopic (exact) mass is 232 g/mol. The SMILES string of the molecule is COC(=O)c1cccc2nc3n(c12)CCOC3. The van der Waals surface area contributed by atoms with Gasteiger partial charge in [0.2, 0.25) is 0 Å². The summed E-state index contributed by atoms with van der Waals surface area (Å²) in [5.41, 5.74) is 2.22. The Morgan fingerprint density at radius 3 is 3.24 bits per heavy atom. The van der Waals surface area contributed by atoms with Crippen LogP contribution in [-0.2, 0) is 22.6 Å². The summed E-state index contributed by atoms with van der Waals surface area (Å²) in [5.74, 6) is 0.535. The number of para-hydroxylation sites is 1. The van der Waals surface area contributed by atoms with E-state index >= 15 is 0 Å². The third kappa shape index (κ3) is 1.51. The second-order valence-electron chi connectivity index (χ2n) is 3.90. The Bertz CT molecular complexity index is 589. The van der Waals surface area contributed by atoms with Gasteiger partial charge in [-0.05, 0) is 12.1 Å². The number of benzene rings is 1. The number of ether oxygens (including phenoxy) is 2. The Hall–Kier alpha value is -1.88. The van der Waals surface area contributed by atoms with Crippen molar-refractivity contribution in [3.8, 4) is 0 Å². The van der Waals surface area contributed by atoms with E-state index < -0.39 is 0 Å². The molecule has 17 heavy (non-hydrogen) atoms. The molecule has 1 aromatic carbocycles. The number of methoxy groups -OCH3 is 1. The van der Waals surface area contributed by atoms with Crippen LogP contribution in [-0.4, -0.2) is 29.2 Å². The van der Waals surface area contributed by atoms with E-state index in [1.807, 2.05) is 16.7 Å². The average Bonchev–Trinajstić information content (AvgIpc) is 2.76. The maximum atomic E-state index is 11.7. The highest BCUT2D eigenvalue weighted by Crippen LogP contribution is 2.23. The molecule has 1 aliphatic rings. The number of esters is 1. The molecule has 0 radical (unpaired) electrons. The molecule has 2 aromatic rings. The summed E-state index contributed by atoms with van der Waals surface area (Å²) in [6.07, 6.45) is 0. The molecule has 3 rings (SSSR count). The van der Waals surface area contributed by atoms with Crippen molar-refractivity contribution in [3.63, 3.8) is 0 Å². The first kappa shape index (κ1) is 10.3. The van der Waals surface area contributed by atoms with Crippen molar-refractivity contribution >= 4 is 17.0 Å². The molecule has 5 heteroatoms. The largest absolute Gasteiger partial charge is 0.465 e. The van der Waals surface area contributed by atoms with E-state index in [0.717, 1.165) is 23.4 Å². The van der Waals surface area contributed by atoms with Crippen molar-refractivity contribution in [2.45, 2.75) is 13.2 Å². The van der Waals surface area contributed by atoms with E-state index in [9.17, 15) is 4.79 Å². The van der Waals surface area contributed by atoms with Crippen molar-refractivity contribution in [2.75, 3.05) is 13.7 Å². The first-order chi connectivity index (χ1) is 8.31. The molecule has 0 fully saturated rings. The van der Waals surface area contributed by atoms with Crippen molar-refractivity contribution in [2.24, 2.45) is 0 Å². The van der Waals surface area contributed by atoms with Crippen LogP contribution in [0.3, 0.4) is 0 Å². The normalized spacial score (nSPS) is 14.6. The van der Waals surface area contributed by atoms with Crippen molar-refractivity contribution in [1.82, 2.24) is 9.55 Å². The van der Waals surface area contributed by atoms with Gasteiger partial charge in [-0.2, -0.15) is 0 Å². The van der Waals surface area contributed by atoms with Crippen LogP contribution in [0.5, 0.6) is 0 Å². The fourth-order valence-corrected chi connectivity index (χ4v) is 2.18. The Kier molecular flexibility index (Phi) is 2.33. The molecule has 0 saturated heterocycles. The summed E-state index contributed by atoms with van der Waals surface area (Å²) >= 11 is 0. The van der Waals surface area contributed by atoms with E-state index in [2.05, 4.69) is 4.98 Å². The van der Waals surface area contributed by atoms with Gasteiger partial charge in [-0.25, -0.2) is 9.78 Å². The van der Waals surface area contributed by atoms with Crippen LogP contribution in [0.15, 0.2) is 18.2 Å². The maximum absolute atomic E-state index is 11.7. The Balaban J connectivity index is 2.29. The molecule has 1 aliphatic heterocycles. The van der Waals surface area contributed by atoms with Crippen molar-refractivity contribution in [3.05, 3.63) is 29.6 Å². The molecule has 0 atom stereocenters. The summed E-state index contributed by atoms with van der Waals surface area (Å²) in [4.78, 5) is 16.2. The molecule has 2 heterocycles. The number of aromatic nitrogens is 2. The number of hydrogen-bond donors (Lipinski definition) is 0. The summed E-state index contributed by atoms with van der Waals surface area (Å²) in [6.45, 7) is 1.86. The Labute approximate surface area is 98.0 Å². The molecule has 0 aliphatic carbocycles. The van der Waals surface area contributed by atoms with E-state index in [-0.39, 0.29) is 5.97 Å². The number of rotatable bonds is 1. The average molecular weight is 232 g/mol. The van der Waals surface area contributed by atoms with Gasteiger partial charge in [0.05, 0.1) is 30.3 Å².